The fourth-order valence-electron chi connectivity index (χ4n) is 3.53. The first-order chi connectivity index (χ1) is 13.0. The number of nitrogens with one attached hydrogen (secondary N) is 1. The first-order valence-corrected chi connectivity index (χ1v) is 9.50. The topological polar surface area (TPSA) is 32.3 Å². The summed E-state index contributed by atoms with van der Waals surface area (Å²) in [6.07, 6.45) is 5.00. The second kappa shape index (κ2) is 8.96. The fourth-order valence-corrected chi connectivity index (χ4v) is 3.53. The minimum absolute atomic E-state index is 0.0492. The van der Waals surface area contributed by atoms with Gasteiger partial charge in [-0.2, -0.15) is 0 Å². The van der Waals surface area contributed by atoms with Gasteiger partial charge in [0.1, 0.15) is 5.82 Å². The lowest BCUT2D eigenvalue weighted by molar-refractivity contribution is -0.127. The molecular formula is C23H27FN2O. The summed E-state index contributed by atoms with van der Waals surface area (Å²) in [5.74, 6) is -0.319. The van der Waals surface area contributed by atoms with Crippen molar-refractivity contribution >= 4 is 5.91 Å². The van der Waals surface area contributed by atoms with Gasteiger partial charge in [0, 0.05) is 25.7 Å². The molecule has 27 heavy (non-hydrogen) atoms. The molecule has 0 fully saturated rings. The van der Waals surface area contributed by atoms with E-state index in [4.69, 9.17) is 0 Å². The van der Waals surface area contributed by atoms with Gasteiger partial charge in [-0.15, -0.1) is 0 Å². The largest absolute Gasteiger partial charge is 0.352 e. The van der Waals surface area contributed by atoms with Gasteiger partial charge in [-0.05, 0) is 49.1 Å². The van der Waals surface area contributed by atoms with E-state index < -0.39 is 0 Å². The number of carbonyl (C=O) groups excluding carboxylic acids is 1. The molecule has 2 aromatic rings. The number of carbonyl (C=O) groups is 1. The predicted molar refractivity (Wildman–Crippen MR) is 107 cm³/mol. The Hall–Kier alpha value is -2.46. The van der Waals surface area contributed by atoms with Crippen LogP contribution in [0.2, 0.25) is 0 Å². The van der Waals surface area contributed by atoms with E-state index >= 15 is 0 Å². The monoisotopic (exact) mass is 366 g/mol. The third-order valence-corrected chi connectivity index (χ3v) is 5.41. The van der Waals surface area contributed by atoms with E-state index in [0.717, 1.165) is 25.1 Å². The quantitative estimate of drug-likeness (QED) is 0.804. The zero-order valence-electron chi connectivity index (χ0n) is 16.0. The van der Waals surface area contributed by atoms with Gasteiger partial charge in [0.15, 0.2) is 0 Å². The average molecular weight is 366 g/mol. The average Bonchev–Trinajstić information content (AvgIpc) is 2.85. The third kappa shape index (κ3) is 5.04. The maximum atomic E-state index is 13.0. The van der Waals surface area contributed by atoms with Crippen LogP contribution in [0, 0.1) is 18.7 Å². The molecule has 0 aromatic heterocycles. The van der Waals surface area contributed by atoms with Gasteiger partial charge in [0.05, 0.1) is 5.92 Å². The number of aryl methyl sites for hydroxylation is 1. The van der Waals surface area contributed by atoms with Crippen LogP contribution in [0.5, 0.6) is 0 Å². The van der Waals surface area contributed by atoms with Gasteiger partial charge in [0.25, 0.3) is 0 Å². The molecule has 0 radical (unpaired) electrons. The highest BCUT2D eigenvalue weighted by molar-refractivity contribution is 5.79. The van der Waals surface area contributed by atoms with Crippen molar-refractivity contribution in [2.75, 3.05) is 6.54 Å². The number of hydrogen-bond acceptors (Lipinski definition) is 2. The Morgan fingerprint density at radius 3 is 2.63 bits per heavy atom. The summed E-state index contributed by atoms with van der Waals surface area (Å²) in [7, 11) is 0. The fraction of sp³-hybridized carbons (Fsp3) is 0.348. The first kappa shape index (κ1) is 19.3. The third-order valence-electron chi connectivity index (χ3n) is 5.41. The number of halogens is 1. The Morgan fingerprint density at radius 2 is 1.89 bits per heavy atom. The van der Waals surface area contributed by atoms with E-state index in [1.807, 2.05) is 0 Å². The van der Waals surface area contributed by atoms with E-state index in [0.29, 0.717) is 6.54 Å². The molecule has 2 atom stereocenters. The summed E-state index contributed by atoms with van der Waals surface area (Å²) in [5.41, 5.74) is 3.47. The number of amides is 1. The van der Waals surface area contributed by atoms with E-state index in [2.05, 4.69) is 60.5 Å². The van der Waals surface area contributed by atoms with Crippen LogP contribution in [0.1, 0.15) is 30.0 Å². The molecule has 1 aliphatic heterocycles. The molecule has 142 valence electrons. The van der Waals surface area contributed by atoms with Crippen molar-refractivity contribution in [3.63, 3.8) is 0 Å². The summed E-state index contributed by atoms with van der Waals surface area (Å²) < 4.78 is 13.0. The van der Waals surface area contributed by atoms with Crippen molar-refractivity contribution in [2.45, 2.75) is 39.4 Å². The van der Waals surface area contributed by atoms with Crippen LogP contribution >= 0.6 is 0 Å². The molecule has 0 saturated heterocycles. The summed E-state index contributed by atoms with van der Waals surface area (Å²) in [4.78, 5) is 15.2. The van der Waals surface area contributed by atoms with E-state index in [9.17, 15) is 9.18 Å². The molecule has 0 bridgehead atoms. The molecule has 2 aromatic carbocycles. The number of nitrogens with zero attached hydrogens (tertiary/aromatic N) is 1. The minimum atomic E-state index is -0.264. The van der Waals surface area contributed by atoms with Crippen molar-refractivity contribution in [3.8, 4) is 0 Å². The van der Waals surface area contributed by atoms with Gasteiger partial charge in [-0.25, -0.2) is 4.39 Å². The van der Waals surface area contributed by atoms with Crippen LogP contribution in [0.25, 0.3) is 0 Å². The highest BCUT2D eigenvalue weighted by Gasteiger charge is 2.29. The summed E-state index contributed by atoms with van der Waals surface area (Å²) in [6.45, 7) is 6.36. The minimum Gasteiger partial charge on any atom is -0.352 e. The second-order valence-corrected chi connectivity index (χ2v) is 7.25. The smallest absolute Gasteiger partial charge is 0.225 e. The van der Waals surface area contributed by atoms with Gasteiger partial charge in [-0.3, -0.25) is 9.69 Å². The molecule has 0 aliphatic carbocycles. The van der Waals surface area contributed by atoms with Crippen LogP contribution in [0.3, 0.4) is 0 Å². The SMILES string of the molecule is Cc1ccccc1CN1CC=CC[C@H](C(=O)NCc2ccc(F)cc2)[C@H]1C. The Kier molecular flexibility index (Phi) is 6.40. The highest BCUT2D eigenvalue weighted by Crippen LogP contribution is 2.23. The summed E-state index contributed by atoms with van der Waals surface area (Å²) in [5, 5.41) is 3.02. The van der Waals surface area contributed by atoms with Crippen molar-refractivity contribution in [1.29, 1.82) is 0 Å². The van der Waals surface area contributed by atoms with Crippen molar-refractivity contribution in [1.82, 2.24) is 10.2 Å². The lowest BCUT2D eigenvalue weighted by atomic mass is 9.95. The number of rotatable bonds is 5. The molecule has 1 amide bonds. The maximum Gasteiger partial charge on any atom is 0.225 e. The van der Waals surface area contributed by atoms with Gasteiger partial charge < -0.3 is 5.32 Å². The summed E-state index contributed by atoms with van der Waals surface area (Å²) in [6, 6.07) is 14.8. The van der Waals surface area contributed by atoms with Crippen LogP contribution in [-0.4, -0.2) is 23.4 Å². The van der Waals surface area contributed by atoms with Gasteiger partial charge >= 0.3 is 0 Å². The Balaban J connectivity index is 1.65. The second-order valence-electron chi connectivity index (χ2n) is 7.25. The molecule has 1 N–H and O–H groups in total. The normalized spacial score (nSPS) is 20.3. The molecule has 1 aliphatic rings. The maximum absolute atomic E-state index is 13.0. The molecule has 0 saturated carbocycles. The van der Waals surface area contributed by atoms with Crippen molar-refractivity contribution in [3.05, 3.63) is 83.2 Å². The van der Waals surface area contributed by atoms with Crippen LogP contribution < -0.4 is 5.32 Å². The Morgan fingerprint density at radius 1 is 1.15 bits per heavy atom. The van der Waals surface area contributed by atoms with Crippen molar-refractivity contribution < 1.29 is 9.18 Å². The first-order valence-electron chi connectivity index (χ1n) is 9.50. The zero-order chi connectivity index (χ0) is 19.2. The molecule has 0 spiro atoms. The molecule has 1 heterocycles. The number of allylic oxidation sites excluding steroid dienone is 1. The standard InChI is InChI=1S/C23H27FN2O/c1-17-7-3-4-8-20(17)16-26-14-6-5-9-22(18(26)2)23(27)25-15-19-10-12-21(24)13-11-19/h3-8,10-13,18,22H,9,14-16H2,1-2H3,(H,25,27)/t18-,22+/m1/s1. The number of hydrogen-bond donors (Lipinski definition) is 1. The molecule has 3 rings (SSSR count). The van der Waals surface area contributed by atoms with Crippen LogP contribution in [0.15, 0.2) is 60.7 Å². The number of benzene rings is 2. The van der Waals surface area contributed by atoms with Gasteiger partial charge in [-0.1, -0.05) is 48.6 Å². The molecule has 3 nitrogen and oxygen atoms in total. The Bertz CT molecular complexity index is 800. The van der Waals surface area contributed by atoms with E-state index in [-0.39, 0.29) is 23.7 Å². The Labute approximate surface area is 160 Å². The van der Waals surface area contributed by atoms with Crippen LogP contribution in [-0.2, 0) is 17.9 Å². The van der Waals surface area contributed by atoms with E-state index in [1.165, 1.54) is 23.3 Å². The lowest BCUT2D eigenvalue weighted by Crippen LogP contribution is -2.44. The highest BCUT2D eigenvalue weighted by atomic mass is 19.1. The van der Waals surface area contributed by atoms with Crippen molar-refractivity contribution in [2.24, 2.45) is 5.92 Å². The summed E-state index contributed by atoms with van der Waals surface area (Å²) >= 11 is 0. The molecule has 0 unspecified atom stereocenters. The molecule has 4 heteroatoms. The van der Waals surface area contributed by atoms with E-state index in [1.54, 1.807) is 12.1 Å². The predicted octanol–water partition coefficient (Wildman–Crippen LogP) is 4.22. The molecular weight excluding hydrogens is 339 g/mol. The zero-order valence-corrected chi connectivity index (χ0v) is 16.0. The lowest BCUT2D eigenvalue weighted by Gasteiger charge is -2.32. The van der Waals surface area contributed by atoms with Gasteiger partial charge in [0.2, 0.25) is 5.91 Å². The van der Waals surface area contributed by atoms with Crippen LogP contribution in [0.4, 0.5) is 4.39 Å².